The molecule has 6 nitrogen and oxygen atoms in total. The number of ether oxygens (including phenoxy) is 2. The van der Waals surface area contributed by atoms with Crippen LogP contribution in [-0.4, -0.2) is 30.2 Å². The lowest BCUT2D eigenvalue weighted by Crippen LogP contribution is -2.23. The highest BCUT2D eigenvalue weighted by atomic mass is 19.4. The predicted octanol–water partition coefficient (Wildman–Crippen LogP) is 5.26. The summed E-state index contributed by atoms with van der Waals surface area (Å²) in [5.74, 6) is -0.345. The molecular formula is C26H22F3NO5. The molecule has 0 unspecified atom stereocenters. The fourth-order valence-electron chi connectivity index (χ4n) is 3.85. The fourth-order valence-corrected chi connectivity index (χ4v) is 3.85. The van der Waals surface area contributed by atoms with Gasteiger partial charge in [-0.05, 0) is 60.5 Å². The number of anilines is 1. The Kier molecular flexibility index (Phi) is 6.68. The van der Waals surface area contributed by atoms with Gasteiger partial charge >= 0.3 is 12.1 Å². The van der Waals surface area contributed by atoms with Crippen molar-refractivity contribution in [2.45, 2.75) is 26.1 Å². The van der Waals surface area contributed by atoms with Crippen molar-refractivity contribution in [3.05, 3.63) is 88.5 Å². The smallest absolute Gasteiger partial charge is 0.416 e. The molecular weight excluding hydrogens is 463 g/mol. The molecule has 0 bridgehead atoms. The minimum absolute atomic E-state index is 0.188. The lowest BCUT2D eigenvalue weighted by Gasteiger charge is -2.17. The number of fused-ring (bicyclic) bond motifs is 1. The Morgan fingerprint density at radius 1 is 1.03 bits per heavy atom. The molecule has 1 N–H and O–H groups in total. The lowest BCUT2D eigenvalue weighted by molar-refractivity contribution is -0.139. The summed E-state index contributed by atoms with van der Waals surface area (Å²) < 4.78 is 49.9. The summed E-state index contributed by atoms with van der Waals surface area (Å²) in [7, 11) is 0. The number of carbonyl (C=O) groups is 2. The van der Waals surface area contributed by atoms with Crippen molar-refractivity contribution >= 4 is 17.6 Å². The molecule has 4 rings (SSSR count). The van der Waals surface area contributed by atoms with Gasteiger partial charge in [0.25, 0.3) is 5.91 Å². The van der Waals surface area contributed by atoms with Crippen LogP contribution in [0.4, 0.5) is 18.9 Å². The zero-order chi connectivity index (χ0) is 25.2. The number of hydrogen-bond acceptors (Lipinski definition) is 4. The van der Waals surface area contributed by atoms with Crippen LogP contribution < -0.4 is 14.4 Å². The van der Waals surface area contributed by atoms with E-state index in [4.69, 9.17) is 14.6 Å². The van der Waals surface area contributed by atoms with Crippen LogP contribution in [0.25, 0.3) is 0 Å². The minimum Gasteiger partial charge on any atom is -0.493 e. The third-order valence-corrected chi connectivity index (χ3v) is 5.68. The molecule has 1 amide bonds. The van der Waals surface area contributed by atoms with E-state index in [1.165, 1.54) is 17.0 Å². The van der Waals surface area contributed by atoms with Gasteiger partial charge in [-0.2, -0.15) is 13.2 Å². The maximum atomic E-state index is 12.9. The number of rotatable bonds is 8. The van der Waals surface area contributed by atoms with Crippen LogP contribution in [0.15, 0.2) is 60.7 Å². The number of carbonyl (C=O) groups excluding carboxylic acids is 1. The predicted molar refractivity (Wildman–Crippen MR) is 122 cm³/mol. The van der Waals surface area contributed by atoms with Crippen LogP contribution in [0, 0.1) is 6.92 Å². The average Bonchev–Trinajstić information content (AvgIpc) is 3.16. The maximum Gasteiger partial charge on any atom is 0.416 e. The summed E-state index contributed by atoms with van der Waals surface area (Å²) in [4.78, 5) is 25.1. The Bertz CT molecular complexity index is 1250. The number of aryl methyl sites for hydroxylation is 1. The van der Waals surface area contributed by atoms with E-state index in [1.54, 1.807) is 24.3 Å². The second kappa shape index (κ2) is 9.69. The van der Waals surface area contributed by atoms with Crippen molar-refractivity contribution in [2.24, 2.45) is 0 Å². The zero-order valence-corrected chi connectivity index (χ0v) is 18.8. The SMILES string of the molecule is Cc1ccc(CCOc2cccc3c2CN(c2ccc(C(F)(F)F)cc2)C3=O)cc1OCC(=O)O. The van der Waals surface area contributed by atoms with E-state index in [-0.39, 0.29) is 12.5 Å². The van der Waals surface area contributed by atoms with Gasteiger partial charge in [-0.25, -0.2) is 4.79 Å². The zero-order valence-electron chi connectivity index (χ0n) is 18.8. The molecule has 0 saturated carbocycles. The van der Waals surface area contributed by atoms with Crippen molar-refractivity contribution in [1.82, 2.24) is 0 Å². The standard InChI is InChI=1S/C26H22F3NO5/c1-16-5-6-17(13-23(16)35-15-24(31)32)11-12-34-22-4-2-3-20-21(22)14-30(25(20)33)19-9-7-18(8-10-19)26(27,28)29/h2-10,13H,11-12,14-15H2,1H3,(H,31,32). The van der Waals surface area contributed by atoms with Gasteiger partial charge < -0.3 is 19.5 Å². The van der Waals surface area contributed by atoms with Crippen LogP contribution in [0.3, 0.4) is 0 Å². The number of hydrogen-bond donors (Lipinski definition) is 1. The van der Waals surface area contributed by atoms with Gasteiger partial charge in [0.15, 0.2) is 6.61 Å². The number of aliphatic carboxylic acids is 1. The largest absolute Gasteiger partial charge is 0.493 e. The molecule has 1 heterocycles. The van der Waals surface area contributed by atoms with E-state index in [9.17, 15) is 22.8 Å². The molecule has 1 aliphatic heterocycles. The van der Waals surface area contributed by atoms with E-state index in [0.29, 0.717) is 41.3 Å². The third-order valence-electron chi connectivity index (χ3n) is 5.68. The van der Waals surface area contributed by atoms with E-state index >= 15 is 0 Å². The number of carboxylic acids is 1. The van der Waals surface area contributed by atoms with Gasteiger partial charge in [0.1, 0.15) is 11.5 Å². The number of halogens is 3. The van der Waals surface area contributed by atoms with Crippen molar-refractivity contribution in [2.75, 3.05) is 18.1 Å². The summed E-state index contributed by atoms with van der Waals surface area (Å²) in [6.07, 6.45) is -3.93. The summed E-state index contributed by atoms with van der Waals surface area (Å²) in [5, 5.41) is 8.82. The fraction of sp³-hybridized carbons (Fsp3) is 0.231. The maximum absolute atomic E-state index is 12.9. The average molecular weight is 485 g/mol. The van der Waals surface area contributed by atoms with Gasteiger partial charge in [-0.1, -0.05) is 18.2 Å². The van der Waals surface area contributed by atoms with Crippen molar-refractivity contribution in [3.63, 3.8) is 0 Å². The molecule has 182 valence electrons. The summed E-state index contributed by atoms with van der Waals surface area (Å²) >= 11 is 0. The molecule has 35 heavy (non-hydrogen) atoms. The molecule has 0 spiro atoms. The molecule has 1 aliphatic rings. The van der Waals surface area contributed by atoms with E-state index in [0.717, 1.165) is 23.3 Å². The third kappa shape index (κ3) is 5.40. The first-order valence-corrected chi connectivity index (χ1v) is 10.8. The van der Waals surface area contributed by atoms with Gasteiger partial charge in [0, 0.05) is 23.2 Å². The number of amides is 1. The van der Waals surface area contributed by atoms with Crippen molar-refractivity contribution < 1.29 is 37.3 Å². The molecule has 0 aliphatic carbocycles. The van der Waals surface area contributed by atoms with Crippen LogP contribution >= 0.6 is 0 Å². The minimum atomic E-state index is -4.45. The Morgan fingerprint density at radius 2 is 1.77 bits per heavy atom. The second-order valence-corrected chi connectivity index (χ2v) is 8.10. The van der Waals surface area contributed by atoms with Crippen LogP contribution in [0.2, 0.25) is 0 Å². The molecule has 9 heteroatoms. The van der Waals surface area contributed by atoms with Crippen LogP contribution in [-0.2, 0) is 23.9 Å². The molecule has 0 fully saturated rings. The normalized spacial score (nSPS) is 13.0. The molecule has 0 saturated heterocycles. The van der Waals surface area contributed by atoms with E-state index in [2.05, 4.69) is 0 Å². The highest BCUT2D eigenvalue weighted by molar-refractivity contribution is 6.10. The van der Waals surface area contributed by atoms with Gasteiger partial charge in [-0.3, -0.25) is 4.79 Å². The summed E-state index contributed by atoms with van der Waals surface area (Å²) in [5.41, 5.74) is 2.43. The molecule has 0 radical (unpaired) electrons. The Balaban J connectivity index is 1.44. The van der Waals surface area contributed by atoms with Gasteiger partial charge in [-0.15, -0.1) is 0 Å². The van der Waals surface area contributed by atoms with Gasteiger partial charge in [0.2, 0.25) is 0 Å². The summed E-state index contributed by atoms with van der Waals surface area (Å²) in [6, 6.07) is 15.1. The first-order chi connectivity index (χ1) is 16.6. The topological polar surface area (TPSA) is 76.1 Å². The van der Waals surface area contributed by atoms with Gasteiger partial charge in [0.05, 0.1) is 18.7 Å². The Morgan fingerprint density at radius 3 is 2.46 bits per heavy atom. The van der Waals surface area contributed by atoms with Crippen LogP contribution in [0.1, 0.15) is 32.6 Å². The molecule has 0 aromatic heterocycles. The lowest BCUT2D eigenvalue weighted by atomic mass is 10.1. The molecule has 3 aromatic carbocycles. The van der Waals surface area contributed by atoms with E-state index in [1.807, 2.05) is 19.1 Å². The number of nitrogens with zero attached hydrogens (tertiary/aromatic N) is 1. The first kappa shape index (κ1) is 24.1. The summed E-state index contributed by atoms with van der Waals surface area (Å²) in [6.45, 7) is 1.88. The molecule has 0 atom stereocenters. The monoisotopic (exact) mass is 485 g/mol. The first-order valence-electron chi connectivity index (χ1n) is 10.8. The molecule has 3 aromatic rings. The Hall–Kier alpha value is -4.01. The highest BCUT2D eigenvalue weighted by Crippen LogP contribution is 2.36. The number of alkyl halides is 3. The highest BCUT2D eigenvalue weighted by Gasteiger charge is 2.33. The van der Waals surface area contributed by atoms with E-state index < -0.39 is 24.3 Å². The van der Waals surface area contributed by atoms with Crippen molar-refractivity contribution in [1.29, 1.82) is 0 Å². The van der Waals surface area contributed by atoms with Crippen molar-refractivity contribution in [3.8, 4) is 11.5 Å². The second-order valence-electron chi connectivity index (χ2n) is 8.10. The number of benzene rings is 3. The number of carboxylic acid groups (broad SMARTS) is 1. The van der Waals surface area contributed by atoms with Crippen LogP contribution in [0.5, 0.6) is 11.5 Å². The quantitative estimate of drug-likeness (QED) is 0.471. The Labute approximate surface area is 199 Å².